The molecule has 1 aliphatic rings. The van der Waals surface area contributed by atoms with Gasteiger partial charge in [-0.25, -0.2) is 8.42 Å². The molecule has 2 N–H and O–H groups in total. The predicted molar refractivity (Wildman–Crippen MR) is 105 cm³/mol. The lowest BCUT2D eigenvalue weighted by atomic mass is 10.2. The molecule has 1 saturated heterocycles. The Balaban J connectivity index is 0.00000338. The standard InChI is InChI=1S/C17H28N4O3S.ClH/c1-2-14-25(23,24)19-18-17(22)8-9-20-10-12-21(13-11-20)15-16-6-4-3-5-7-16;/h3-7,19H,2,8-15H2,1H3,(H,18,22);1H. The van der Waals surface area contributed by atoms with E-state index >= 15 is 0 Å². The van der Waals surface area contributed by atoms with Gasteiger partial charge in [-0.2, -0.15) is 0 Å². The number of hydrazine groups is 1. The van der Waals surface area contributed by atoms with Gasteiger partial charge in [0, 0.05) is 45.7 Å². The maximum Gasteiger partial charge on any atom is 0.236 e. The van der Waals surface area contributed by atoms with E-state index < -0.39 is 10.0 Å². The van der Waals surface area contributed by atoms with Crippen LogP contribution in [0.25, 0.3) is 0 Å². The fourth-order valence-corrected chi connectivity index (χ4v) is 3.70. The van der Waals surface area contributed by atoms with Crippen molar-refractivity contribution in [2.45, 2.75) is 26.3 Å². The first-order valence-corrected chi connectivity index (χ1v) is 10.4. The van der Waals surface area contributed by atoms with Crippen molar-refractivity contribution in [1.29, 1.82) is 0 Å². The van der Waals surface area contributed by atoms with Gasteiger partial charge in [-0.15, -0.1) is 17.2 Å². The number of carbonyl (C=O) groups is 1. The summed E-state index contributed by atoms with van der Waals surface area (Å²) < 4.78 is 23.0. The van der Waals surface area contributed by atoms with Crippen molar-refractivity contribution < 1.29 is 13.2 Å². The Hall–Kier alpha value is -1.19. The van der Waals surface area contributed by atoms with E-state index in [1.165, 1.54) is 5.56 Å². The number of nitrogens with one attached hydrogen (secondary N) is 2. The van der Waals surface area contributed by atoms with Gasteiger partial charge >= 0.3 is 0 Å². The number of hydrogen-bond donors (Lipinski definition) is 2. The quantitative estimate of drug-likeness (QED) is 0.599. The van der Waals surface area contributed by atoms with E-state index in [4.69, 9.17) is 0 Å². The monoisotopic (exact) mass is 404 g/mol. The van der Waals surface area contributed by atoms with Crippen molar-refractivity contribution >= 4 is 28.3 Å². The van der Waals surface area contributed by atoms with Crippen molar-refractivity contribution in [3.8, 4) is 0 Å². The van der Waals surface area contributed by atoms with Crippen LogP contribution in [0.4, 0.5) is 0 Å². The molecule has 1 aliphatic heterocycles. The molecule has 2 rings (SSSR count). The van der Waals surface area contributed by atoms with Gasteiger partial charge in [0.1, 0.15) is 0 Å². The van der Waals surface area contributed by atoms with E-state index in [-0.39, 0.29) is 30.5 Å². The third-order valence-electron chi connectivity index (χ3n) is 4.19. The number of benzene rings is 1. The first kappa shape index (κ1) is 22.9. The lowest BCUT2D eigenvalue weighted by Crippen LogP contribution is -2.48. The number of carbonyl (C=O) groups excluding carboxylic acids is 1. The van der Waals surface area contributed by atoms with Crippen molar-refractivity contribution in [3.05, 3.63) is 35.9 Å². The fourth-order valence-electron chi connectivity index (χ4n) is 2.79. The Kier molecular flexibility index (Phi) is 10.1. The minimum atomic E-state index is -3.41. The topological polar surface area (TPSA) is 81.8 Å². The van der Waals surface area contributed by atoms with Crippen molar-refractivity contribution in [2.75, 3.05) is 38.5 Å². The number of amides is 1. The Morgan fingerprint density at radius 3 is 2.31 bits per heavy atom. The van der Waals surface area contributed by atoms with Crippen LogP contribution in [0.15, 0.2) is 30.3 Å². The molecule has 1 aromatic rings. The lowest BCUT2D eigenvalue weighted by molar-refractivity contribution is -0.122. The van der Waals surface area contributed by atoms with E-state index in [1.54, 1.807) is 6.92 Å². The first-order chi connectivity index (χ1) is 12.0. The van der Waals surface area contributed by atoms with Crippen LogP contribution in [0.5, 0.6) is 0 Å². The molecular formula is C17H29ClN4O3S. The normalized spacial score (nSPS) is 16.0. The molecule has 0 radical (unpaired) electrons. The Morgan fingerprint density at radius 1 is 1.08 bits per heavy atom. The minimum Gasteiger partial charge on any atom is -0.300 e. The third kappa shape index (κ3) is 8.46. The minimum absolute atomic E-state index is 0. The van der Waals surface area contributed by atoms with Gasteiger partial charge in [-0.1, -0.05) is 37.3 Å². The molecular weight excluding hydrogens is 376 g/mol. The van der Waals surface area contributed by atoms with Crippen LogP contribution < -0.4 is 10.3 Å². The van der Waals surface area contributed by atoms with Gasteiger partial charge in [-0.05, 0) is 12.0 Å². The van der Waals surface area contributed by atoms with Crippen molar-refractivity contribution in [3.63, 3.8) is 0 Å². The van der Waals surface area contributed by atoms with Crippen LogP contribution in [0, 0.1) is 0 Å². The summed E-state index contributed by atoms with van der Waals surface area (Å²) in [5.41, 5.74) is 3.59. The van der Waals surface area contributed by atoms with E-state index in [1.807, 2.05) is 6.07 Å². The third-order valence-corrected chi connectivity index (χ3v) is 5.55. The number of hydrogen-bond acceptors (Lipinski definition) is 5. The highest BCUT2D eigenvalue weighted by molar-refractivity contribution is 7.89. The van der Waals surface area contributed by atoms with Crippen LogP contribution >= 0.6 is 12.4 Å². The van der Waals surface area contributed by atoms with Crippen LogP contribution in [0.2, 0.25) is 0 Å². The molecule has 148 valence electrons. The van der Waals surface area contributed by atoms with E-state index in [0.717, 1.165) is 32.7 Å². The Labute approximate surface area is 162 Å². The van der Waals surface area contributed by atoms with Crippen LogP contribution in [0.1, 0.15) is 25.3 Å². The zero-order valence-electron chi connectivity index (χ0n) is 15.2. The second kappa shape index (κ2) is 11.5. The van der Waals surface area contributed by atoms with Gasteiger partial charge in [0.2, 0.25) is 15.9 Å². The molecule has 0 bridgehead atoms. The average molecular weight is 405 g/mol. The molecule has 1 heterocycles. The molecule has 1 amide bonds. The molecule has 0 aliphatic carbocycles. The zero-order valence-corrected chi connectivity index (χ0v) is 16.8. The predicted octanol–water partition coefficient (Wildman–Crippen LogP) is 0.977. The highest BCUT2D eigenvalue weighted by atomic mass is 35.5. The molecule has 0 aromatic heterocycles. The maximum atomic E-state index is 11.8. The van der Waals surface area contributed by atoms with E-state index in [2.05, 4.69) is 44.3 Å². The summed E-state index contributed by atoms with van der Waals surface area (Å²) in [6, 6.07) is 10.4. The van der Waals surface area contributed by atoms with Gasteiger partial charge in [0.25, 0.3) is 0 Å². The van der Waals surface area contributed by atoms with Crippen molar-refractivity contribution in [2.24, 2.45) is 0 Å². The largest absolute Gasteiger partial charge is 0.300 e. The maximum absolute atomic E-state index is 11.8. The van der Waals surface area contributed by atoms with Crippen LogP contribution in [0.3, 0.4) is 0 Å². The number of piperazine rings is 1. The Bertz CT molecular complexity index is 635. The number of sulfonamides is 1. The molecule has 0 spiro atoms. The van der Waals surface area contributed by atoms with Crippen LogP contribution in [-0.4, -0.2) is 62.6 Å². The molecule has 0 atom stereocenters. The number of nitrogens with zero attached hydrogens (tertiary/aromatic N) is 2. The second-order valence-corrected chi connectivity index (χ2v) is 8.16. The SMILES string of the molecule is CCCS(=O)(=O)NNC(=O)CCN1CCN(Cc2ccccc2)CC1.Cl. The molecule has 0 saturated carbocycles. The summed E-state index contributed by atoms with van der Waals surface area (Å²) in [7, 11) is -3.41. The average Bonchev–Trinajstić information content (AvgIpc) is 2.60. The summed E-state index contributed by atoms with van der Waals surface area (Å²) in [4.78, 5) is 18.5. The van der Waals surface area contributed by atoms with Gasteiger partial charge < -0.3 is 4.90 Å². The number of rotatable bonds is 9. The van der Waals surface area contributed by atoms with Crippen LogP contribution in [-0.2, 0) is 21.4 Å². The zero-order chi connectivity index (χ0) is 18.1. The van der Waals surface area contributed by atoms with E-state index in [9.17, 15) is 13.2 Å². The van der Waals surface area contributed by atoms with Gasteiger partial charge in [0.05, 0.1) is 5.75 Å². The molecule has 7 nitrogen and oxygen atoms in total. The molecule has 26 heavy (non-hydrogen) atoms. The molecule has 1 fully saturated rings. The van der Waals surface area contributed by atoms with Gasteiger partial charge in [0.15, 0.2) is 0 Å². The summed E-state index contributed by atoms with van der Waals surface area (Å²) in [6.07, 6.45) is 0.797. The lowest BCUT2D eigenvalue weighted by Gasteiger charge is -2.34. The summed E-state index contributed by atoms with van der Waals surface area (Å²) >= 11 is 0. The fraction of sp³-hybridized carbons (Fsp3) is 0.588. The molecule has 0 unspecified atom stereocenters. The summed E-state index contributed by atoms with van der Waals surface area (Å²) in [6.45, 7) is 7.15. The van der Waals surface area contributed by atoms with Crippen molar-refractivity contribution in [1.82, 2.24) is 20.1 Å². The highest BCUT2D eigenvalue weighted by Gasteiger charge is 2.18. The van der Waals surface area contributed by atoms with Gasteiger partial charge in [-0.3, -0.25) is 15.1 Å². The Morgan fingerprint density at radius 2 is 1.69 bits per heavy atom. The van der Waals surface area contributed by atoms with E-state index in [0.29, 0.717) is 13.0 Å². The number of halogens is 1. The summed E-state index contributed by atoms with van der Waals surface area (Å²) in [5.74, 6) is -0.289. The smallest absolute Gasteiger partial charge is 0.236 e. The first-order valence-electron chi connectivity index (χ1n) is 8.75. The second-order valence-electron chi connectivity index (χ2n) is 6.32. The molecule has 1 aromatic carbocycles. The summed E-state index contributed by atoms with van der Waals surface area (Å²) in [5, 5.41) is 0. The molecule has 9 heteroatoms. The highest BCUT2D eigenvalue weighted by Crippen LogP contribution is 2.08.